The molecule has 0 aliphatic carbocycles. The molecule has 0 aromatic rings. The molecule has 0 spiro atoms. The van der Waals surface area contributed by atoms with E-state index in [0.717, 1.165) is 6.04 Å². The predicted octanol–water partition coefficient (Wildman–Crippen LogP) is 6.81. The Morgan fingerprint density at radius 3 is 1.24 bits per heavy atom. The zero-order valence-corrected chi connectivity index (χ0v) is 15.6. The second kappa shape index (κ2) is 16.3. The Labute approximate surface area is 135 Å². The number of unbranched alkanes of at least 4 members (excludes halogenated alkanes) is 11. The normalized spacial score (nSPS) is 13.0. The molecule has 0 bridgehead atoms. The lowest BCUT2D eigenvalue weighted by molar-refractivity contribution is 0.251. The van der Waals surface area contributed by atoms with Gasteiger partial charge in [0.05, 0.1) is 0 Å². The van der Waals surface area contributed by atoms with E-state index < -0.39 is 0 Å². The van der Waals surface area contributed by atoms with Crippen LogP contribution >= 0.6 is 0 Å². The quantitative estimate of drug-likeness (QED) is 0.283. The molecule has 0 saturated heterocycles. The molecule has 0 aliphatic rings. The topological polar surface area (TPSA) is 3.24 Å². The Bertz CT molecular complexity index is 188. The molecule has 1 atom stereocenters. The summed E-state index contributed by atoms with van der Waals surface area (Å²) in [6.45, 7) is 4.59. The van der Waals surface area contributed by atoms with Crippen LogP contribution in [0.3, 0.4) is 0 Å². The van der Waals surface area contributed by atoms with E-state index in [4.69, 9.17) is 0 Å². The molecular weight excluding hydrogens is 254 g/mol. The maximum atomic E-state index is 2.46. The van der Waals surface area contributed by atoms with Gasteiger partial charge in [0, 0.05) is 6.04 Å². The van der Waals surface area contributed by atoms with E-state index in [1.807, 2.05) is 0 Å². The monoisotopic (exact) mass is 297 g/mol. The molecule has 0 aromatic heterocycles. The molecular formula is C20H43N. The summed E-state index contributed by atoms with van der Waals surface area (Å²) in [5.41, 5.74) is 0. The van der Waals surface area contributed by atoms with Gasteiger partial charge in [0.15, 0.2) is 0 Å². The molecule has 1 nitrogen and oxygen atoms in total. The first kappa shape index (κ1) is 21.0. The largest absolute Gasteiger partial charge is 0.306 e. The van der Waals surface area contributed by atoms with Crippen molar-refractivity contribution in [2.24, 2.45) is 0 Å². The molecule has 0 aliphatic heterocycles. The molecule has 128 valence electrons. The van der Waals surface area contributed by atoms with Gasteiger partial charge in [-0.2, -0.15) is 0 Å². The van der Waals surface area contributed by atoms with Gasteiger partial charge in [-0.25, -0.2) is 0 Å². The standard InChI is InChI=1S/C20H43N/c1-5-7-9-11-12-13-14-15-17-19-20(21(3)4)18-16-10-8-6-2/h20H,5-19H2,1-4H3. The summed E-state index contributed by atoms with van der Waals surface area (Å²) in [7, 11) is 4.52. The van der Waals surface area contributed by atoms with Crippen LogP contribution < -0.4 is 0 Å². The van der Waals surface area contributed by atoms with Crippen LogP contribution in [0.4, 0.5) is 0 Å². The third kappa shape index (κ3) is 14.7. The van der Waals surface area contributed by atoms with Crippen molar-refractivity contribution >= 4 is 0 Å². The zero-order valence-electron chi connectivity index (χ0n) is 15.6. The number of hydrogen-bond acceptors (Lipinski definition) is 1. The summed E-state index contributed by atoms with van der Waals surface area (Å²) in [5, 5.41) is 0. The van der Waals surface area contributed by atoms with Crippen molar-refractivity contribution in [3.8, 4) is 0 Å². The van der Waals surface area contributed by atoms with E-state index in [-0.39, 0.29) is 0 Å². The molecule has 21 heavy (non-hydrogen) atoms. The van der Waals surface area contributed by atoms with E-state index in [1.54, 1.807) is 0 Å². The molecule has 0 radical (unpaired) electrons. The molecule has 1 heteroatoms. The average Bonchev–Trinajstić information content (AvgIpc) is 2.47. The van der Waals surface area contributed by atoms with Crippen LogP contribution in [0.1, 0.15) is 110 Å². The Balaban J connectivity index is 3.43. The highest BCUT2D eigenvalue weighted by molar-refractivity contribution is 4.66. The molecule has 1 unspecified atom stereocenters. The maximum Gasteiger partial charge on any atom is 0.00891 e. The Hall–Kier alpha value is -0.0400. The summed E-state index contributed by atoms with van der Waals surface area (Å²) < 4.78 is 0. The van der Waals surface area contributed by atoms with Gasteiger partial charge in [0.2, 0.25) is 0 Å². The SMILES string of the molecule is CCCCCCCCCCCC(CCCCCC)N(C)C. The number of nitrogens with zero attached hydrogens (tertiary/aromatic N) is 1. The fourth-order valence-electron chi connectivity index (χ4n) is 3.16. The van der Waals surface area contributed by atoms with E-state index in [2.05, 4.69) is 32.8 Å². The Kier molecular flexibility index (Phi) is 16.3. The van der Waals surface area contributed by atoms with Crippen molar-refractivity contribution < 1.29 is 0 Å². The van der Waals surface area contributed by atoms with Crippen LogP contribution in [-0.2, 0) is 0 Å². The van der Waals surface area contributed by atoms with E-state index in [0.29, 0.717) is 0 Å². The molecule has 0 aromatic carbocycles. The minimum Gasteiger partial charge on any atom is -0.306 e. The zero-order chi connectivity index (χ0) is 15.8. The van der Waals surface area contributed by atoms with E-state index in [9.17, 15) is 0 Å². The van der Waals surface area contributed by atoms with Gasteiger partial charge >= 0.3 is 0 Å². The van der Waals surface area contributed by atoms with Crippen LogP contribution in [0.5, 0.6) is 0 Å². The second-order valence-corrected chi connectivity index (χ2v) is 7.08. The van der Waals surface area contributed by atoms with Crippen LogP contribution in [-0.4, -0.2) is 25.0 Å². The third-order valence-electron chi connectivity index (χ3n) is 4.76. The Morgan fingerprint density at radius 2 is 0.857 bits per heavy atom. The van der Waals surface area contributed by atoms with E-state index in [1.165, 1.54) is 96.3 Å². The van der Waals surface area contributed by atoms with Crippen molar-refractivity contribution in [3.63, 3.8) is 0 Å². The minimum absolute atomic E-state index is 0.825. The van der Waals surface area contributed by atoms with Gasteiger partial charge in [0.25, 0.3) is 0 Å². The van der Waals surface area contributed by atoms with Crippen LogP contribution in [0.15, 0.2) is 0 Å². The second-order valence-electron chi connectivity index (χ2n) is 7.08. The summed E-state index contributed by atoms with van der Waals surface area (Å²) in [5.74, 6) is 0. The van der Waals surface area contributed by atoms with Crippen LogP contribution in [0.2, 0.25) is 0 Å². The lowest BCUT2D eigenvalue weighted by atomic mass is 9.99. The highest BCUT2D eigenvalue weighted by Crippen LogP contribution is 2.16. The molecule has 0 heterocycles. The van der Waals surface area contributed by atoms with E-state index >= 15 is 0 Å². The van der Waals surface area contributed by atoms with Gasteiger partial charge < -0.3 is 4.90 Å². The predicted molar refractivity (Wildman–Crippen MR) is 98.1 cm³/mol. The first-order valence-corrected chi connectivity index (χ1v) is 9.88. The number of hydrogen-bond donors (Lipinski definition) is 0. The Morgan fingerprint density at radius 1 is 0.524 bits per heavy atom. The maximum absolute atomic E-state index is 2.46. The summed E-state index contributed by atoms with van der Waals surface area (Å²) >= 11 is 0. The lowest BCUT2D eigenvalue weighted by Gasteiger charge is -2.24. The van der Waals surface area contributed by atoms with Gasteiger partial charge in [-0.1, -0.05) is 97.3 Å². The fraction of sp³-hybridized carbons (Fsp3) is 1.00. The molecule has 0 amide bonds. The summed E-state index contributed by atoms with van der Waals surface area (Å²) in [6.07, 6.45) is 21.4. The lowest BCUT2D eigenvalue weighted by Crippen LogP contribution is -2.27. The molecule has 0 N–H and O–H groups in total. The molecule has 0 saturated carbocycles. The first-order chi connectivity index (χ1) is 10.2. The first-order valence-electron chi connectivity index (χ1n) is 9.88. The highest BCUT2D eigenvalue weighted by atomic mass is 15.1. The van der Waals surface area contributed by atoms with Crippen molar-refractivity contribution in [3.05, 3.63) is 0 Å². The average molecular weight is 298 g/mol. The van der Waals surface area contributed by atoms with Crippen molar-refractivity contribution in [2.45, 2.75) is 116 Å². The molecule has 0 rings (SSSR count). The summed E-state index contributed by atoms with van der Waals surface area (Å²) in [6, 6.07) is 0.825. The highest BCUT2D eigenvalue weighted by Gasteiger charge is 2.10. The van der Waals surface area contributed by atoms with Gasteiger partial charge in [-0.05, 0) is 26.9 Å². The van der Waals surface area contributed by atoms with Crippen LogP contribution in [0.25, 0.3) is 0 Å². The van der Waals surface area contributed by atoms with Crippen molar-refractivity contribution in [2.75, 3.05) is 14.1 Å². The smallest absolute Gasteiger partial charge is 0.00891 e. The van der Waals surface area contributed by atoms with Gasteiger partial charge in [-0.15, -0.1) is 0 Å². The fourth-order valence-corrected chi connectivity index (χ4v) is 3.16. The van der Waals surface area contributed by atoms with Gasteiger partial charge in [0.1, 0.15) is 0 Å². The molecule has 0 fully saturated rings. The number of rotatable bonds is 16. The summed E-state index contributed by atoms with van der Waals surface area (Å²) in [4.78, 5) is 2.46. The van der Waals surface area contributed by atoms with Gasteiger partial charge in [-0.3, -0.25) is 0 Å². The van der Waals surface area contributed by atoms with Crippen molar-refractivity contribution in [1.29, 1.82) is 0 Å². The third-order valence-corrected chi connectivity index (χ3v) is 4.76. The van der Waals surface area contributed by atoms with Crippen LogP contribution in [0, 0.1) is 0 Å². The minimum atomic E-state index is 0.825. The van der Waals surface area contributed by atoms with Crippen molar-refractivity contribution in [1.82, 2.24) is 4.90 Å².